The van der Waals surface area contributed by atoms with Crippen LogP contribution in [0.15, 0.2) is 36.8 Å². The standard InChI is InChI=1S/C13H9ClN4O2/c14-10-3-1-2-8(18-10)6-20-13(19)11-9-4-5-15-12(9)17-7-16-11/h1-5,7H,6H2,(H,15,16,17). The van der Waals surface area contributed by atoms with Crippen LogP contribution < -0.4 is 0 Å². The fourth-order valence-electron chi connectivity index (χ4n) is 1.77. The third kappa shape index (κ3) is 2.46. The molecule has 3 aromatic rings. The summed E-state index contributed by atoms with van der Waals surface area (Å²) in [5, 5.41) is 0.977. The first-order valence-electron chi connectivity index (χ1n) is 5.80. The van der Waals surface area contributed by atoms with E-state index >= 15 is 0 Å². The van der Waals surface area contributed by atoms with E-state index in [1.807, 2.05) is 0 Å². The Morgan fingerprint density at radius 3 is 3.05 bits per heavy atom. The van der Waals surface area contributed by atoms with Gasteiger partial charge in [0.05, 0.1) is 11.1 Å². The first-order chi connectivity index (χ1) is 9.74. The van der Waals surface area contributed by atoms with Gasteiger partial charge in [0, 0.05) is 6.20 Å². The molecule has 6 nitrogen and oxygen atoms in total. The number of fused-ring (bicyclic) bond motifs is 1. The smallest absolute Gasteiger partial charge is 0.358 e. The van der Waals surface area contributed by atoms with Gasteiger partial charge >= 0.3 is 5.97 Å². The van der Waals surface area contributed by atoms with Crippen molar-refractivity contribution in [2.45, 2.75) is 6.61 Å². The van der Waals surface area contributed by atoms with Crippen molar-refractivity contribution in [2.24, 2.45) is 0 Å². The van der Waals surface area contributed by atoms with E-state index in [1.165, 1.54) is 6.33 Å². The Morgan fingerprint density at radius 1 is 1.30 bits per heavy atom. The lowest BCUT2D eigenvalue weighted by Gasteiger charge is -2.04. The van der Waals surface area contributed by atoms with Crippen molar-refractivity contribution in [3.05, 3.63) is 53.3 Å². The summed E-state index contributed by atoms with van der Waals surface area (Å²) in [5.41, 5.74) is 1.39. The molecule has 0 fully saturated rings. The van der Waals surface area contributed by atoms with Crippen LogP contribution in [0.25, 0.3) is 11.0 Å². The number of nitrogens with zero attached hydrogens (tertiary/aromatic N) is 3. The van der Waals surface area contributed by atoms with E-state index in [0.717, 1.165) is 0 Å². The molecule has 0 aromatic carbocycles. The summed E-state index contributed by atoms with van der Waals surface area (Å²) in [6, 6.07) is 6.85. The molecule has 0 unspecified atom stereocenters. The van der Waals surface area contributed by atoms with E-state index in [4.69, 9.17) is 16.3 Å². The quantitative estimate of drug-likeness (QED) is 0.591. The summed E-state index contributed by atoms with van der Waals surface area (Å²) >= 11 is 5.76. The monoisotopic (exact) mass is 288 g/mol. The zero-order chi connectivity index (χ0) is 13.9. The fourth-order valence-corrected chi connectivity index (χ4v) is 1.95. The summed E-state index contributed by atoms with van der Waals surface area (Å²) in [6.07, 6.45) is 3.00. The van der Waals surface area contributed by atoms with Crippen LogP contribution in [0, 0.1) is 0 Å². The van der Waals surface area contributed by atoms with Crippen molar-refractivity contribution in [1.82, 2.24) is 19.9 Å². The summed E-state index contributed by atoms with van der Waals surface area (Å²) in [6.45, 7) is 0.0370. The third-order valence-corrected chi connectivity index (χ3v) is 2.88. The molecule has 0 aliphatic heterocycles. The minimum atomic E-state index is -0.529. The highest BCUT2D eigenvalue weighted by Gasteiger charge is 2.14. The Labute approximate surface area is 118 Å². The minimum absolute atomic E-state index is 0.0370. The second-order valence-corrected chi connectivity index (χ2v) is 4.38. The number of hydrogen-bond donors (Lipinski definition) is 1. The molecular weight excluding hydrogens is 280 g/mol. The SMILES string of the molecule is O=C(OCc1cccc(Cl)n1)c1ncnc2[nH]ccc12. The number of pyridine rings is 1. The molecule has 1 N–H and O–H groups in total. The number of aromatic nitrogens is 4. The normalized spacial score (nSPS) is 10.7. The van der Waals surface area contributed by atoms with Crippen molar-refractivity contribution in [3.8, 4) is 0 Å². The van der Waals surface area contributed by atoms with Crippen LogP contribution in [0.4, 0.5) is 0 Å². The number of esters is 1. The summed E-state index contributed by atoms with van der Waals surface area (Å²) in [5.74, 6) is -0.529. The first-order valence-corrected chi connectivity index (χ1v) is 6.18. The molecule has 20 heavy (non-hydrogen) atoms. The van der Waals surface area contributed by atoms with E-state index in [9.17, 15) is 4.79 Å². The Bertz CT molecular complexity index is 772. The van der Waals surface area contributed by atoms with Crippen LogP contribution in [0.3, 0.4) is 0 Å². The number of carbonyl (C=O) groups is 1. The molecule has 100 valence electrons. The number of aromatic amines is 1. The van der Waals surface area contributed by atoms with Gasteiger partial charge < -0.3 is 9.72 Å². The number of rotatable bonds is 3. The van der Waals surface area contributed by atoms with Gasteiger partial charge in [0.15, 0.2) is 5.69 Å². The molecule has 0 atom stereocenters. The van der Waals surface area contributed by atoms with Gasteiger partial charge in [-0.05, 0) is 18.2 Å². The molecule has 0 bridgehead atoms. The lowest BCUT2D eigenvalue weighted by molar-refractivity contribution is 0.0463. The molecule has 3 aromatic heterocycles. The zero-order valence-corrected chi connectivity index (χ0v) is 11.0. The van der Waals surface area contributed by atoms with Gasteiger partial charge in [-0.3, -0.25) is 0 Å². The van der Waals surface area contributed by atoms with Crippen molar-refractivity contribution < 1.29 is 9.53 Å². The van der Waals surface area contributed by atoms with E-state index in [2.05, 4.69) is 19.9 Å². The van der Waals surface area contributed by atoms with Gasteiger partial charge in [0.1, 0.15) is 23.7 Å². The number of H-pyrrole nitrogens is 1. The Kier molecular flexibility index (Phi) is 3.30. The van der Waals surface area contributed by atoms with Gasteiger partial charge in [-0.2, -0.15) is 0 Å². The van der Waals surface area contributed by atoms with E-state index in [1.54, 1.807) is 30.5 Å². The Balaban J connectivity index is 1.78. The van der Waals surface area contributed by atoms with Crippen molar-refractivity contribution in [1.29, 1.82) is 0 Å². The van der Waals surface area contributed by atoms with Gasteiger partial charge in [-0.25, -0.2) is 19.7 Å². The maximum absolute atomic E-state index is 12.0. The topological polar surface area (TPSA) is 80.8 Å². The lowest BCUT2D eigenvalue weighted by Crippen LogP contribution is -2.09. The predicted octanol–water partition coefficient (Wildman–Crippen LogP) is 2.36. The molecular formula is C13H9ClN4O2. The molecule has 3 heterocycles. The van der Waals surface area contributed by atoms with Crippen molar-refractivity contribution in [3.63, 3.8) is 0 Å². The van der Waals surface area contributed by atoms with Crippen molar-refractivity contribution in [2.75, 3.05) is 0 Å². The van der Waals surface area contributed by atoms with Crippen LogP contribution >= 0.6 is 11.6 Å². The molecule has 0 spiro atoms. The van der Waals surface area contributed by atoms with Gasteiger partial charge in [-0.1, -0.05) is 17.7 Å². The fraction of sp³-hybridized carbons (Fsp3) is 0.0769. The second kappa shape index (κ2) is 5.26. The highest BCUT2D eigenvalue weighted by atomic mass is 35.5. The maximum atomic E-state index is 12.0. The number of carbonyl (C=O) groups excluding carboxylic acids is 1. The van der Waals surface area contributed by atoms with Crippen LogP contribution in [0.5, 0.6) is 0 Å². The van der Waals surface area contributed by atoms with Crippen LogP contribution in [0.1, 0.15) is 16.2 Å². The number of nitrogens with one attached hydrogen (secondary N) is 1. The number of halogens is 1. The van der Waals surface area contributed by atoms with E-state index in [-0.39, 0.29) is 12.3 Å². The summed E-state index contributed by atoms with van der Waals surface area (Å²) in [7, 11) is 0. The predicted molar refractivity (Wildman–Crippen MR) is 72.3 cm³/mol. The lowest BCUT2D eigenvalue weighted by atomic mass is 10.3. The van der Waals surface area contributed by atoms with Crippen LogP contribution in [-0.4, -0.2) is 25.9 Å². The van der Waals surface area contributed by atoms with E-state index in [0.29, 0.717) is 21.9 Å². The third-order valence-electron chi connectivity index (χ3n) is 2.67. The Hall–Kier alpha value is -2.47. The molecule has 0 radical (unpaired) electrons. The molecule has 0 aliphatic rings. The highest BCUT2D eigenvalue weighted by molar-refractivity contribution is 6.29. The second-order valence-electron chi connectivity index (χ2n) is 3.99. The average molecular weight is 289 g/mol. The largest absolute Gasteiger partial charge is 0.454 e. The number of ether oxygens (including phenoxy) is 1. The average Bonchev–Trinajstić information content (AvgIpc) is 2.93. The van der Waals surface area contributed by atoms with Gasteiger partial charge in [0.25, 0.3) is 0 Å². The maximum Gasteiger partial charge on any atom is 0.358 e. The van der Waals surface area contributed by atoms with E-state index < -0.39 is 5.97 Å². The van der Waals surface area contributed by atoms with Crippen LogP contribution in [0.2, 0.25) is 5.15 Å². The van der Waals surface area contributed by atoms with Crippen LogP contribution in [-0.2, 0) is 11.3 Å². The molecule has 7 heteroatoms. The minimum Gasteiger partial charge on any atom is -0.454 e. The zero-order valence-electron chi connectivity index (χ0n) is 10.2. The summed E-state index contributed by atoms with van der Waals surface area (Å²) < 4.78 is 5.18. The molecule has 0 saturated heterocycles. The van der Waals surface area contributed by atoms with Gasteiger partial charge in [0.2, 0.25) is 0 Å². The van der Waals surface area contributed by atoms with Gasteiger partial charge in [-0.15, -0.1) is 0 Å². The molecule has 0 aliphatic carbocycles. The molecule has 0 amide bonds. The highest BCUT2D eigenvalue weighted by Crippen LogP contribution is 2.14. The first kappa shape index (κ1) is 12.6. The molecule has 0 saturated carbocycles. The summed E-state index contributed by atoms with van der Waals surface area (Å²) in [4.78, 5) is 26.9. The molecule has 3 rings (SSSR count). The number of hydrogen-bond acceptors (Lipinski definition) is 5. The van der Waals surface area contributed by atoms with Crippen molar-refractivity contribution >= 4 is 28.6 Å². The Morgan fingerprint density at radius 2 is 2.20 bits per heavy atom.